The molecule has 158 valence electrons. The summed E-state index contributed by atoms with van der Waals surface area (Å²) in [6.45, 7) is 5.98. The zero-order valence-corrected chi connectivity index (χ0v) is 18.1. The third-order valence-corrected chi connectivity index (χ3v) is 6.78. The molecule has 1 unspecified atom stereocenters. The molecule has 0 bridgehead atoms. The normalized spacial score (nSPS) is 21.5. The Hall–Kier alpha value is -2.98. The third kappa shape index (κ3) is 4.13. The SMILES string of the molecule is Cc1cccc(-c2ccc(C3CN4CCCCN(C(=O)c5cccnc5)C[C@@H]34)cc2)c1. The highest BCUT2D eigenvalue weighted by Crippen LogP contribution is 2.37. The average molecular weight is 412 g/mol. The molecule has 4 heteroatoms. The van der Waals surface area contributed by atoms with Crippen molar-refractivity contribution in [2.24, 2.45) is 0 Å². The van der Waals surface area contributed by atoms with Crippen LogP contribution in [0.4, 0.5) is 0 Å². The van der Waals surface area contributed by atoms with Crippen molar-refractivity contribution < 1.29 is 4.79 Å². The Morgan fingerprint density at radius 1 is 0.935 bits per heavy atom. The van der Waals surface area contributed by atoms with Crippen LogP contribution < -0.4 is 0 Å². The van der Waals surface area contributed by atoms with Crippen LogP contribution in [-0.4, -0.2) is 52.9 Å². The molecule has 3 aromatic rings. The number of carbonyl (C=O) groups is 1. The van der Waals surface area contributed by atoms with Crippen molar-refractivity contribution in [3.8, 4) is 11.1 Å². The number of carbonyl (C=O) groups excluding carboxylic acids is 1. The number of hydrogen-bond donors (Lipinski definition) is 0. The van der Waals surface area contributed by atoms with E-state index in [-0.39, 0.29) is 5.91 Å². The molecule has 2 aromatic carbocycles. The van der Waals surface area contributed by atoms with Crippen LogP contribution in [0.2, 0.25) is 0 Å². The second kappa shape index (κ2) is 8.64. The Kier molecular flexibility index (Phi) is 5.56. The molecule has 1 aromatic heterocycles. The van der Waals surface area contributed by atoms with Gasteiger partial charge in [0, 0.05) is 44.0 Å². The molecule has 2 aliphatic heterocycles. The van der Waals surface area contributed by atoms with Gasteiger partial charge in [-0.05, 0) is 55.1 Å². The van der Waals surface area contributed by atoms with Crippen molar-refractivity contribution in [3.63, 3.8) is 0 Å². The monoisotopic (exact) mass is 411 g/mol. The van der Waals surface area contributed by atoms with Gasteiger partial charge in [-0.1, -0.05) is 54.1 Å². The van der Waals surface area contributed by atoms with E-state index in [0.717, 1.165) is 39.0 Å². The summed E-state index contributed by atoms with van der Waals surface area (Å²) in [6.07, 6.45) is 5.60. The zero-order chi connectivity index (χ0) is 21.2. The molecular formula is C27H29N3O. The lowest BCUT2D eigenvalue weighted by molar-refractivity contribution is 0.0161. The molecule has 0 saturated carbocycles. The molecule has 5 rings (SSSR count). The fourth-order valence-electron chi connectivity index (χ4n) is 4.99. The van der Waals surface area contributed by atoms with Crippen LogP contribution in [0, 0.1) is 6.92 Å². The van der Waals surface area contributed by atoms with Crippen LogP contribution in [0.1, 0.15) is 40.2 Å². The quantitative estimate of drug-likeness (QED) is 0.623. The highest BCUT2D eigenvalue weighted by Gasteiger charge is 2.41. The van der Waals surface area contributed by atoms with Gasteiger partial charge in [-0.15, -0.1) is 0 Å². The number of nitrogens with zero attached hydrogens (tertiary/aromatic N) is 3. The summed E-state index contributed by atoms with van der Waals surface area (Å²) in [5.74, 6) is 0.587. The first kappa shape index (κ1) is 20.0. The molecule has 2 saturated heterocycles. The molecule has 0 spiro atoms. The predicted molar refractivity (Wildman–Crippen MR) is 124 cm³/mol. The number of benzene rings is 2. The Morgan fingerprint density at radius 3 is 2.55 bits per heavy atom. The highest BCUT2D eigenvalue weighted by molar-refractivity contribution is 5.93. The summed E-state index contributed by atoms with van der Waals surface area (Å²) < 4.78 is 0. The van der Waals surface area contributed by atoms with E-state index in [9.17, 15) is 4.79 Å². The maximum Gasteiger partial charge on any atom is 0.255 e. The molecule has 0 radical (unpaired) electrons. The van der Waals surface area contributed by atoms with Crippen LogP contribution in [0.3, 0.4) is 0 Å². The number of fused-ring (bicyclic) bond motifs is 1. The highest BCUT2D eigenvalue weighted by atomic mass is 16.2. The lowest BCUT2D eigenvalue weighted by Gasteiger charge is -2.51. The van der Waals surface area contributed by atoms with E-state index in [1.807, 2.05) is 17.0 Å². The molecule has 2 fully saturated rings. The van der Waals surface area contributed by atoms with Gasteiger partial charge in [0.2, 0.25) is 0 Å². The Bertz CT molecular complexity index is 1050. The van der Waals surface area contributed by atoms with Crippen LogP contribution in [0.15, 0.2) is 73.1 Å². The summed E-state index contributed by atoms with van der Waals surface area (Å²) >= 11 is 0. The summed E-state index contributed by atoms with van der Waals surface area (Å²) in [7, 11) is 0. The fraction of sp³-hybridized carbons (Fsp3) is 0.333. The standard InChI is InChI=1S/C27H29N3O/c1-20-6-4-7-23(16-20)21-9-11-22(12-10-21)25-18-29-14-2-3-15-30(19-26(25)29)27(31)24-8-5-13-28-17-24/h4-13,16-17,25-26H,2-3,14-15,18-19H2,1H3/t25?,26-/m0/s1. The van der Waals surface area contributed by atoms with Crippen molar-refractivity contribution in [1.82, 2.24) is 14.8 Å². The summed E-state index contributed by atoms with van der Waals surface area (Å²) in [4.78, 5) is 21.8. The van der Waals surface area contributed by atoms with Gasteiger partial charge in [0.05, 0.1) is 5.56 Å². The van der Waals surface area contributed by atoms with Gasteiger partial charge in [0.25, 0.3) is 5.91 Å². The van der Waals surface area contributed by atoms with Crippen LogP contribution >= 0.6 is 0 Å². The minimum atomic E-state index is 0.107. The summed E-state index contributed by atoms with van der Waals surface area (Å²) in [5, 5.41) is 0. The van der Waals surface area contributed by atoms with Crippen molar-refractivity contribution in [1.29, 1.82) is 0 Å². The molecule has 2 aliphatic rings. The predicted octanol–water partition coefficient (Wildman–Crippen LogP) is 4.76. The minimum absolute atomic E-state index is 0.107. The molecular weight excluding hydrogens is 382 g/mol. The number of rotatable bonds is 3. The molecule has 0 aliphatic carbocycles. The first-order valence-electron chi connectivity index (χ1n) is 11.3. The molecule has 4 nitrogen and oxygen atoms in total. The Morgan fingerprint density at radius 2 is 1.77 bits per heavy atom. The van der Waals surface area contributed by atoms with Gasteiger partial charge in [0.1, 0.15) is 0 Å². The molecule has 31 heavy (non-hydrogen) atoms. The average Bonchev–Trinajstić information content (AvgIpc) is 2.79. The number of amides is 1. The van der Waals surface area contributed by atoms with Crippen molar-refractivity contribution in [3.05, 3.63) is 89.7 Å². The number of hydrogen-bond acceptors (Lipinski definition) is 3. The van der Waals surface area contributed by atoms with Gasteiger partial charge in [0.15, 0.2) is 0 Å². The van der Waals surface area contributed by atoms with Crippen molar-refractivity contribution in [2.45, 2.75) is 31.7 Å². The minimum Gasteiger partial charge on any atom is -0.337 e. The van der Waals surface area contributed by atoms with Crippen LogP contribution in [-0.2, 0) is 0 Å². The number of aryl methyl sites for hydroxylation is 1. The van der Waals surface area contributed by atoms with Gasteiger partial charge < -0.3 is 4.90 Å². The van der Waals surface area contributed by atoms with E-state index in [0.29, 0.717) is 17.5 Å². The topological polar surface area (TPSA) is 36.4 Å². The largest absolute Gasteiger partial charge is 0.337 e. The van der Waals surface area contributed by atoms with Crippen molar-refractivity contribution >= 4 is 5.91 Å². The van der Waals surface area contributed by atoms with E-state index in [2.05, 4.69) is 65.3 Å². The van der Waals surface area contributed by atoms with Gasteiger partial charge in [-0.2, -0.15) is 0 Å². The second-order valence-corrected chi connectivity index (χ2v) is 8.86. The lowest BCUT2D eigenvalue weighted by atomic mass is 9.81. The van der Waals surface area contributed by atoms with E-state index >= 15 is 0 Å². The van der Waals surface area contributed by atoms with Crippen LogP contribution in [0.25, 0.3) is 11.1 Å². The number of pyridine rings is 1. The smallest absolute Gasteiger partial charge is 0.255 e. The second-order valence-electron chi connectivity index (χ2n) is 8.86. The molecule has 3 heterocycles. The van der Waals surface area contributed by atoms with E-state index in [1.165, 1.54) is 22.3 Å². The van der Waals surface area contributed by atoms with Gasteiger partial charge in [-0.3, -0.25) is 14.7 Å². The van der Waals surface area contributed by atoms with Gasteiger partial charge in [-0.25, -0.2) is 0 Å². The maximum atomic E-state index is 13.1. The van der Waals surface area contributed by atoms with E-state index < -0.39 is 0 Å². The fourth-order valence-corrected chi connectivity index (χ4v) is 4.99. The van der Waals surface area contributed by atoms with Crippen LogP contribution in [0.5, 0.6) is 0 Å². The maximum absolute atomic E-state index is 13.1. The first-order valence-corrected chi connectivity index (χ1v) is 11.3. The van der Waals surface area contributed by atoms with Crippen molar-refractivity contribution in [2.75, 3.05) is 26.2 Å². The Balaban J connectivity index is 1.33. The van der Waals surface area contributed by atoms with Gasteiger partial charge >= 0.3 is 0 Å². The Labute approximate surface area is 184 Å². The molecule has 2 atom stereocenters. The third-order valence-electron chi connectivity index (χ3n) is 6.78. The molecule has 1 amide bonds. The number of aromatic nitrogens is 1. The zero-order valence-electron chi connectivity index (χ0n) is 18.1. The lowest BCUT2D eigenvalue weighted by Crippen LogP contribution is -2.60. The first-order chi connectivity index (χ1) is 15.2. The van der Waals surface area contributed by atoms with E-state index in [4.69, 9.17) is 0 Å². The van der Waals surface area contributed by atoms with E-state index in [1.54, 1.807) is 12.4 Å². The summed E-state index contributed by atoms with van der Waals surface area (Å²) in [5.41, 5.74) is 5.87. The summed E-state index contributed by atoms with van der Waals surface area (Å²) in [6, 6.07) is 21.8. The molecule has 0 N–H and O–H groups in total.